The van der Waals surface area contributed by atoms with Crippen LogP contribution in [0.1, 0.15) is 68.2 Å². The minimum Gasteiger partial charge on any atom is -0.444 e. The number of hydrogen-bond donors (Lipinski definition) is 2. The fourth-order valence-corrected chi connectivity index (χ4v) is 4.51. The second-order valence-electron chi connectivity index (χ2n) is 10.4. The summed E-state index contributed by atoms with van der Waals surface area (Å²) < 4.78 is 10.8. The van der Waals surface area contributed by atoms with E-state index in [0.717, 1.165) is 0 Å². The van der Waals surface area contributed by atoms with Crippen molar-refractivity contribution >= 4 is 12.2 Å². The Hall–Kier alpha value is -1.50. The van der Waals surface area contributed by atoms with E-state index in [9.17, 15) is 14.7 Å². The molecule has 0 aromatic rings. The summed E-state index contributed by atoms with van der Waals surface area (Å²) in [6.07, 6.45) is -0.317. The monoisotopic (exact) mass is 384 g/mol. The Morgan fingerprint density at radius 2 is 1.63 bits per heavy atom. The van der Waals surface area contributed by atoms with Crippen molar-refractivity contribution < 1.29 is 24.2 Å². The topological polar surface area (TPSA) is 88.1 Å². The number of hydrogen-bond acceptors (Lipinski definition) is 5. The van der Waals surface area contributed by atoms with Gasteiger partial charge < -0.3 is 24.8 Å². The van der Waals surface area contributed by atoms with E-state index in [1.165, 1.54) is 0 Å². The molecule has 1 aliphatic carbocycles. The molecule has 7 nitrogen and oxygen atoms in total. The third-order valence-corrected chi connectivity index (χ3v) is 5.12. The van der Waals surface area contributed by atoms with Crippen molar-refractivity contribution in [3.05, 3.63) is 0 Å². The molecule has 1 saturated carbocycles. The first kappa shape index (κ1) is 21.8. The molecule has 1 spiro atoms. The average Bonchev–Trinajstić information content (AvgIpc) is 2.70. The molecule has 4 atom stereocenters. The highest BCUT2D eigenvalue weighted by atomic mass is 16.6. The maximum Gasteiger partial charge on any atom is 0.410 e. The Morgan fingerprint density at radius 1 is 1.07 bits per heavy atom. The lowest BCUT2D eigenvalue weighted by molar-refractivity contribution is -0.0997. The Morgan fingerprint density at radius 3 is 2.11 bits per heavy atom. The number of nitrogens with zero attached hydrogens (tertiary/aromatic N) is 1. The van der Waals surface area contributed by atoms with E-state index in [4.69, 9.17) is 9.47 Å². The Labute approximate surface area is 162 Å². The molecule has 2 rings (SSSR count). The average molecular weight is 385 g/mol. The van der Waals surface area contributed by atoms with Gasteiger partial charge in [-0.15, -0.1) is 0 Å². The van der Waals surface area contributed by atoms with Crippen molar-refractivity contribution in [2.45, 2.75) is 97.6 Å². The first-order valence-electron chi connectivity index (χ1n) is 9.81. The summed E-state index contributed by atoms with van der Waals surface area (Å²) in [6.45, 7) is 15.7. The van der Waals surface area contributed by atoms with Gasteiger partial charge in [-0.2, -0.15) is 0 Å². The largest absolute Gasteiger partial charge is 0.444 e. The van der Waals surface area contributed by atoms with Crippen molar-refractivity contribution in [3.8, 4) is 0 Å². The van der Waals surface area contributed by atoms with Gasteiger partial charge >= 0.3 is 12.2 Å². The van der Waals surface area contributed by atoms with E-state index in [0.29, 0.717) is 19.4 Å². The zero-order chi connectivity index (χ0) is 20.8. The van der Waals surface area contributed by atoms with Crippen LogP contribution >= 0.6 is 0 Å². The maximum atomic E-state index is 12.5. The second kappa shape index (κ2) is 7.15. The molecule has 2 N–H and O–H groups in total. The normalized spacial score (nSPS) is 31.0. The summed E-state index contributed by atoms with van der Waals surface area (Å²) in [5.41, 5.74) is -1.34. The molecule has 156 valence electrons. The minimum atomic E-state index is -0.653. The Kier molecular flexibility index (Phi) is 5.77. The van der Waals surface area contributed by atoms with Gasteiger partial charge in [0.25, 0.3) is 0 Å². The molecule has 0 radical (unpaired) electrons. The number of rotatable bonds is 2. The van der Waals surface area contributed by atoms with Crippen LogP contribution in [0.5, 0.6) is 0 Å². The minimum absolute atomic E-state index is 0.0209. The molecule has 1 aliphatic heterocycles. The quantitative estimate of drug-likeness (QED) is 0.763. The van der Waals surface area contributed by atoms with Gasteiger partial charge in [0.2, 0.25) is 0 Å². The molecule has 1 saturated heterocycles. The van der Waals surface area contributed by atoms with Gasteiger partial charge in [-0.05, 0) is 60.3 Å². The van der Waals surface area contributed by atoms with Crippen molar-refractivity contribution in [1.29, 1.82) is 0 Å². The summed E-state index contributed by atoms with van der Waals surface area (Å²) in [6, 6.07) is -0.394. The molecule has 1 heterocycles. The molecule has 2 amide bonds. The van der Waals surface area contributed by atoms with E-state index < -0.39 is 23.4 Å². The number of aliphatic hydroxyl groups excluding tert-OH is 1. The van der Waals surface area contributed by atoms with Crippen LogP contribution in [-0.2, 0) is 9.47 Å². The van der Waals surface area contributed by atoms with E-state index in [-0.39, 0.29) is 29.5 Å². The highest BCUT2D eigenvalue weighted by Crippen LogP contribution is 2.53. The zero-order valence-corrected chi connectivity index (χ0v) is 18.0. The highest BCUT2D eigenvalue weighted by Gasteiger charge is 2.61. The van der Waals surface area contributed by atoms with Crippen LogP contribution in [0.2, 0.25) is 0 Å². The number of amides is 2. The highest BCUT2D eigenvalue weighted by molar-refractivity contribution is 5.71. The second-order valence-corrected chi connectivity index (χ2v) is 10.4. The summed E-state index contributed by atoms with van der Waals surface area (Å²) in [5, 5.41) is 13.3. The predicted octanol–water partition coefficient (Wildman–Crippen LogP) is 3.30. The van der Waals surface area contributed by atoms with Crippen LogP contribution < -0.4 is 5.32 Å². The van der Waals surface area contributed by atoms with Gasteiger partial charge in [-0.25, -0.2) is 9.59 Å². The van der Waals surface area contributed by atoms with Crippen LogP contribution in [0.25, 0.3) is 0 Å². The van der Waals surface area contributed by atoms with Crippen LogP contribution in [0.4, 0.5) is 9.59 Å². The van der Waals surface area contributed by atoms with Gasteiger partial charge in [0.15, 0.2) is 0 Å². The summed E-state index contributed by atoms with van der Waals surface area (Å²) in [5.74, 6) is 0.221. The van der Waals surface area contributed by atoms with Gasteiger partial charge in [0.1, 0.15) is 11.2 Å². The SMILES string of the molecule is CC(C)C1N(C(=O)OC(C)(C)C)CC12C[C@@H](O)[C@H](NC(=O)OC(C)(C)C)C2. The van der Waals surface area contributed by atoms with Gasteiger partial charge in [-0.3, -0.25) is 0 Å². The summed E-state index contributed by atoms with van der Waals surface area (Å²) in [7, 11) is 0. The molecule has 27 heavy (non-hydrogen) atoms. The van der Waals surface area contributed by atoms with Crippen molar-refractivity contribution in [1.82, 2.24) is 10.2 Å². The van der Waals surface area contributed by atoms with Crippen LogP contribution in [-0.4, -0.2) is 58.1 Å². The molecular formula is C20H36N2O5. The fraction of sp³-hybridized carbons (Fsp3) is 0.900. The zero-order valence-electron chi connectivity index (χ0n) is 18.0. The van der Waals surface area contributed by atoms with Crippen LogP contribution in [0.3, 0.4) is 0 Å². The fourth-order valence-electron chi connectivity index (χ4n) is 4.51. The molecule has 2 fully saturated rings. The van der Waals surface area contributed by atoms with Crippen molar-refractivity contribution in [2.24, 2.45) is 11.3 Å². The summed E-state index contributed by atoms with van der Waals surface area (Å²) in [4.78, 5) is 26.4. The van der Waals surface area contributed by atoms with Gasteiger partial charge in [0, 0.05) is 18.0 Å². The number of likely N-dealkylation sites (tertiary alicyclic amines) is 1. The third-order valence-electron chi connectivity index (χ3n) is 5.12. The number of nitrogens with one attached hydrogen (secondary N) is 1. The lowest BCUT2D eigenvalue weighted by Crippen LogP contribution is -2.68. The van der Waals surface area contributed by atoms with Crippen molar-refractivity contribution in [2.75, 3.05) is 6.54 Å². The Bertz CT molecular complexity index is 578. The molecule has 0 aromatic heterocycles. The first-order chi connectivity index (χ1) is 12.1. The first-order valence-corrected chi connectivity index (χ1v) is 9.81. The van der Waals surface area contributed by atoms with Crippen molar-refractivity contribution in [3.63, 3.8) is 0 Å². The molecule has 0 aromatic carbocycles. The lowest BCUT2D eigenvalue weighted by Gasteiger charge is -2.57. The number of alkyl carbamates (subject to hydrolysis) is 1. The standard InChI is InChI=1S/C20H36N2O5/c1-12(2)15-20(11-22(15)17(25)27-19(6,7)8)9-13(14(23)10-20)21-16(24)26-18(3,4)5/h12-15,23H,9-11H2,1-8H3,(H,21,24)/t13-,14-,15?,20?/m1/s1. The number of carbonyl (C=O) groups excluding carboxylic acids is 2. The molecule has 0 bridgehead atoms. The van der Waals surface area contributed by atoms with Gasteiger partial charge in [0.05, 0.1) is 12.1 Å². The lowest BCUT2D eigenvalue weighted by atomic mass is 9.66. The van der Waals surface area contributed by atoms with Crippen LogP contribution in [0, 0.1) is 11.3 Å². The predicted molar refractivity (Wildman–Crippen MR) is 102 cm³/mol. The molecular weight excluding hydrogens is 348 g/mol. The molecule has 2 aliphatic rings. The number of ether oxygens (including phenoxy) is 2. The van der Waals surface area contributed by atoms with E-state index in [1.807, 2.05) is 20.8 Å². The summed E-state index contributed by atoms with van der Waals surface area (Å²) >= 11 is 0. The Balaban J connectivity index is 2.06. The third kappa shape index (κ3) is 5.06. The number of carbonyl (C=O) groups is 2. The van der Waals surface area contributed by atoms with Gasteiger partial charge in [-0.1, -0.05) is 13.8 Å². The molecule has 2 unspecified atom stereocenters. The number of aliphatic hydroxyl groups is 1. The molecule has 7 heteroatoms. The van der Waals surface area contributed by atoms with E-state index in [2.05, 4.69) is 19.2 Å². The van der Waals surface area contributed by atoms with E-state index >= 15 is 0 Å². The van der Waals surface area contributed by atoms with E-state index in [1.54, 1.807) is 25.7 Å². The maximum absolute atomic E-state index is 12.5. The smallest absolute Gasteiger partial charge is 0.410 e. The van der Waals surface area contributed by atoms with Crippen LogP contribution in [0.15, 0.2) is 0 Å².